The van der Waals surface area contributed by atoms with Crippen LogP contribution >= 0.6 is 23.2 Å². The number of allylic oxidation sites excluding steroid dienone is 2. The van der Waals surface area contributed by atoms with Crippen molar-refractivity contribution in [2.24, 2.45) is 11.8 Å². The number of carbonyl (C=O) groups excluding carboxylic acids is 2. The smallest absolute Gasteiger partial charge is 0.306 e. The third-order valence-corrected chi connectivity index (χ3v) is 6.40. The van der Waals surface area contributed by atoms with Crippen LogP contribution in [0.15, 0.2) is 43.0 Å². The molecule has 0 spiro atoms. The van der Waals surface area contributed by atoms with Crippen molar-refractivity contribution in [3.05, 3.63) is 53.6 Å². The molecule has 1 saturated carbocycles. The van der Waals surface area contributed by atoms with E-state index < -0.39 is 0 Å². The summed E-state index contributed by atoms with van der Waals surface area (Å²) in [6.45, 7) is 10.3. The normalized spacial score (nSPS) is 19.3. The third-order valence-electron chi connectivity index (χ3n) is 5.57. The first-order valence-electron chi connectivity index (χ1n) is 11.8. The molecule has 0 saturated heterocycles. The molecule has 1 aliphatic rings. The van der Waals surface area contributed by atoms with E-state index in [1.807, 2.05) is 37.3 Å². The van der Waals surface area contributed by atoms with Crippen LogP contribution in [0.2, 0.25) is 5.02 Å². The van der Waals surface area contributed by atoms with E-state index in [9.17, 15) is 9.59 Å². The zero-order valence-corrected chi connectivity index (χ0v) is 22.1. The summed E-state index contributed by atoms with van der Waals surface area (Å²) in [5, 5.41) is 0.886. The molecule has 0 bridgehead atoms. The first-order chi connectivity index (χ1) is 16.3. The average molecular weight is 514 g/mol. The zero-order valence-electron chi connectivity index (χ0n) is 20.6. The number of benzene rings is 1. The number of carbonyl (C=O) groups is 2. The SMILES string of the molecule is C=CCOC(=O)CCC/C=C\C.CC(=O)OCCc1cc(Cl)cc(OCC2CCC(Cl)C2C)c1. The fourth-order valence-electron chi connectivity index (χ4n) is 3.55. The number of hydrogen-bond acceptors (Lipinski definition) is 5. The molecule has 1 fully saturated rings. The number of halogens is 2. The van der Waals surface area contributed by atoms with Crippen LogP contribution in [0.5, 0.6) is 5.75 Å². The molecule has 1 aromatic carbocycles. The van der Waals surface area contributed by atoms with E-state index in [2.05, 4.69) is 13.5 Å². The van der Waals surface area contributed by atoms with Crippen LogP contribution in [-0.4, -0.2) is 37.1 Å². The van der Waals surface area contributed by atoms with Gasteiger partial charge in [-0.1, -0.05) is 43.3 Å². The molecule has 0 aliphatic heterocycles. The lowest BCUT2D eigenvalue weighted by Crippen LogP contribution is -2.18. The molecule has 0 aromatic heterocycles. The number of esters is 2. The minimum Gasteiger partial charge on any atom is -0.493 e. The van der Waals surface area contributed by atoms with Gasteiger partial charge in [0.05, 0.1) is 13.2 Å². The summed E-state index contributed by atoms with van der Waals surface area (Å²) in [4.78, 5) is 21.7. The Morgan fingerprint density at radius 1 is 1.21 bits per heavy atom. The molecule has 2 rings (SSSR count). The summed E-state index contributed by atoms with van der Waals surface area (Å²) in [5.41, 5.74) is 0.999. The highest BCUT2D eigenvalue weighted by atomic mass is 35.5. The van der Waals surface area contributed by atoms with Gasteiger partial charge in [-0.3, -0.25) is 9.59 Å². The number of ether oxygens (including phenoxy) is 3. The van der Waals surface area contributed by atoms with Crippen molar-refractivity contribution in [2.75, 3.05) is 19.8 Å². The summed E-state index contributed by atoms with van der Waals surface area (Å²) in [5.74, 6) is 1.31. The number of rotatable bonds is 12. The van der Waals surface area contributed by atoms with Crippen molar-refractivity contribution in [3.8, 4) is 5.75 Å². The van der Waals surface area contributed by atoms with Crippen LogP contribution in [0.1, 0.15) is 58.4 Å². The Morgan fingerprint density at radius 3 is 2.59 bits per heavy atom. The van der Waals surface area contributed by atoms with E-state index in [4.69, 9.17) is 37.4 Å². The third kappa shape index (κ3) is 13.0. The van der Waals surface area contributed by atoms with Gasteiger partial charge in [-0.2, -0.15) is 0 Å². The second kappa shape index (κ2) is 17.5. The molecule has 0 heterocycles. The maximum Gasteiger partial charge on any atom is 0.306 e. The molecule has 34 heavy (non-hydrogen) atoms. The molecule has 190 valence electrons. The molecule has 0 amide bonds. The van der Waals surface area contributed by atoms with Gasteiger partial charge in [0.1, 0.15) is 12.4 Å². The summed E-state index contributed by atoms with van der Waals surface area (Å²) < 4.78 is 15.7. The second-order valence-electron chi connectivity index (χ2n) is 8.34. The van der Waals surface area contributed by atoms with Gasteiger partial charge in [0.2, 0.25) is 0 Å². The molecule has 3 unspecified atom stereocenters. The minimum atomic E-state index is -0.274. The van der Waals surface area contributed by atoms with Gasteiger partial charge >= 0.3 is 11.9 Å². The van der Waals surface area contributed by atoms with Crippen LogP contribution < -0.4 is 4.74 Å². The van der Waals surface area contributed by atoms with Crippen LogP contribution in [-0.2, 0) is 25.5 Å². The fourth-order valence-corrected chi connectivity index (χ4v) is 4.13. The molecule has 0 radical (unpaired) electrons. The standard InChI is InChI=1S/C17H22Cl2O3.C10H16O2/c1-11-14(3-4-17(11)19)10-22-16-8-13(7-15(18)9-16)5-6-21-12(2)20;1-3-5-6-7-8-10(11)12-9-4-2/h7-9,11,14,17H,3-6,10H2,1-2H3;3-5H,2,6-9H2,1H3/b;5-3-. The van der Waals surface area contributed by atoms with Crippen molar-refractivity contribution < 1.29 is 23.8 Å². The van der Waals surface area contributed by atoms with Gasteiger partial charge in [0.25, 0.3) is 0 Å². The predicted octanol–water partition coefficient (Wildman–Crippen LogP) is 6.94. The highest BCUT2D eigenvalue weighted by Gasteiger charge is 2.31. The van der Waals surface area contributed by atoms with Crippen molar-refractivity contribution in [3.63, 3.8) is 0 Å². The summed E-state index contributed by atoms with van der Waals surface area (Å²) in [6.07, 6.45) is 10.7. The minimum absolute atomic E-state index is 0.139. The van der Waals surface area contributed by atoms with Gasteiger partial charge in [-0.25, -0.2) is 0 Å². The maximum atomic E-state index is 10.9. The van der Waals surface area contributed by atoms with Gasteiger partial charge in [0.15, 0.2) is 0 Å². The Balaban J connectivity index is 0.000000411. The summed E-state index contributed by atoms with van der Waals surface area (Å²) >= 11 is 12.4. The molecular weight excluding hydrogens is 475 g/mol. The van der Waals surface area contributed by atoms with Crippen molar-refractivity contribution in [2.45, 2.75) is 64.7 Å². The Hall–Kier alpha value is -1.98. The van der Waals surface area contributed by atoms with Crippen LogP contribution in [0.3, 0.4) is 0 Å². The second-order valence-corrected chi connectivity index (χ2v) is 9.34. The van der Waals surface area contributed by atoms with Crippen LogP contribution in [0, 0.1) is 11.8 Å². The quantitative estimate of drug-likeness (QED) is 0.131. The monoisotopic (exact) mass is 512 g/mol. The van der Waals surface area contributed by atoms with Crippen molar-refractivity contribution in [1.29, 1.82) is 0 Å². The Morgan fingerprint density at radius 2 is 1.97 bits per heavy atom. The van der Waals surface area contributed by atoms with E-state index >= 15 is 0 Å². The molecular formula is C27H38Cl2O5. The average Bonchev–Trinajstić information content (AvgIpc) is 3.11. The van der Waals surface area contributed by atoms with Gasteiger partial charge in [0, 0.05) is 30.2 Å². The van der Waals surface area contributed by atoms with Gasteiger partial charge in [-0.05, 0) is 68.2 Å². The van der Waals surface area contributed by atoms with E-state index in [0.29, 0.717) is 49.5 Å². The van der Waals surface area contributed by atoms with Crippen LogP contribution in [0.4, 0.5) is 0 Å². The topological polar surface area (TPSA) is 61.8 Å². The highest BCUT2D eigenvalue weighted by molar-refractivity contribution is 6.30. The lowest BCUT2D eigenvalue weighted by molar-refractivity contribution is -0.142. The lowest BCUT2D eigenvalue weighted by atomic mass is 9.99. The number of hydrogen-bond donors (Lipinski definition) is 0. The predicted molar refractivity (Wildman–Crippen MR) is 139 cm³/mol. The summed E-state index contributed by atoms with van der Waals surface area (Å²) in [7, 11) is 0. The van der Waals surface area contributed by atoms with E-state index in [1.54, 1.807) is 6.08 Å². The first-order valence-corrected chi connectivity index (χ1v) is 12.7. The first kappa shape index (κ1) is 30.1. The molecule has 3 atom stereocenters. The van der Waals surface area contributed by atoms with E-state index in [-0.39, 0.29) is 17.3 Å². The largest absolute Gasteiger partial charge is 0.493 e. The van der Waals surface area contributed by atoms with Gasteiger partial charge in [-0.15, -0.1) is 11.6 Å². The van der Waals surface area contributed by atoms with Crippen molar-refractivity contribution >= 4 is 35.1 Å². The lowest BCUT2D eigenvalue weighted by Gasteiger charge is -2.18. The summed E-state index contributed by atoms with van der Waals surface area (Å²) in [6, 6.07) is 5.63. The number of alkyl halides is 1. The molecule has 7 heteroatoms. The maximum absolute atomic E-state index is 10.9. The molecule has 0 N–H and O–H groups in total. The Labute approximate surface area is 214 Å². The van der Waals surface area contributed by atoms with Crippen LogP contribution in [0.25, 0.3) is 0 Å². The van der Waals surface area contributed by atoms with E-state index in [1.165, 1.54) is 6.92 Å². The highest BCUT2D eigenvalue weighted by Crippen LogP contribution is 2.36. The number of unbranched alkanes of at least 4 members (excludes halogenated alkanes) is 1. The van der Waals surface area contributed by atoms with Crippen molar-refractivity contribution in [1.82, 2.24) is 0 Å². The molecule has 5 nitrogen and oxygen atoms in total. The zero-order chi connectivity index (χ0) is 25.3. The molecule has 1 aromatic rings. The van der Waals surface area contributed by atoms with Gasteiger partial charge < -0.3 is 14.2 Å². The molecule has 1 aliphatic carbocycles. The Kier molecular flexibility index (Phi) is 15.4. The fraction of sp³-hybridized carbons (Fsp3) is 0.556. The Bertz CT molecular complexity index is 793. The van der Waals surface area contributed by atoms with E-state index in [0.717, 1.165) is 37.0 Å².